The fourth-order valence-corrected chi connectivity index (χ4v) is 1.40. The molecule has 78 valence electrons. The van der Waals surface area contributed by atoms with Gasteiger partial charge in [0.05, 0.1) is 0 Å². The summed E-state index contributed by atoms with van der Waals surface area (Å²) in [6, 6.07) is 0. The van der Waals surface area contributed by atoms with Crippen molar-refractivity contribution >= 4 is 11.8 Å². The van der Waals surface area contributed by atoms with Crippen molar-refractivity contribution in [3.63, 3.8) is 0 Å². The molecule has 1 N–H and O–H groups in total. The van der Waals surface area contributed by atoms with E-state index in [4.69, 9.17) is 0 Å². The van der Waals surface area contributed by atoms with Crippen LogP contribution in [0.3, 0.4) is 0 Å². The molecule has 0 spiro atoms. The van der Waals surface area contributed by atoms with Crippen molar-refractivity contribution < 1.29 is 0 Å². The number of nitrogens with one attached hydrogen (secondary N) is 1. The second kappa shape index (κ2) is 5.71. The van der Waals surface area contributed by atoms with Crippen molar-refractivity contribution in [3.05, 3.63) is 12.2 Å². The first kappa shape index (κ1) is 13.1. The van der Waals surface area contributed by atoms with E-state index in [1.165, 1.54) is 5.57 Å². The van der Waals surface area contributed by atoms with Crippen LogP contribution in [0.1, 0.15) is 34.6 Å². The highest BCUT2D eigenvalue weighted by molar-refractivity contribution is 8.00. The van der Waals surface area contributed by atoms with Crippen LogP contribution in [0, 0.1) is 0 Å². The minimum Gasteiger partial charge on any atom is -0.308 e. The van der Waals surface area contributed by atoms with Gasteiger partial charge in [-0.15, -0.1) is 0 Å². The zero-order valence-electron chi connectivity index (χ0n) is 9.61. The van der Waals surface area contributed by atoms with Gasteiger partial charge >= 0.3 is 0 Å². The third-order valence-electron chi connectivity index (χ3n) is 1.49. The summed E-state index contributed by atoms with van der Waals surface area (Å²) in [4.78, 5) is 0. The summed E-state index contributed by atoms with van der Waals surface area (Å²) in [7, 11) is 0. The molecule has 0 heterocycles. The molecule has 0 aliphatic heterocycles. The van der Waals surface area contributed by atoms with Gasteiger partial charge in [0.1, 0.15) is 0 Å². The maximum atomic E-state index is 4.05. The highest BCUT2D eigenvalue weighted by Gasteiger charge is 2.08. The van der Waals surface area contributed by atoms with Gasteiger partial charge < -0.3 is 5.32 Å². The Hall–Kier alpha value is 0.0500. The van der Waals surface area contributed by atoms with Gasteiger partial charge in [0, 0.05) is 17.8 Å². The first-order valence-corrected chi connectivity index (χ1v) is 5.89. The van der Waals surface area contributed by atoms with E-state index < -0.39 is 0 Å². The predicted octanol–water partition coefficient (Wildman–Crippen LogP) is 3.07. The molecule has 2 heteroatoms. The zero-order valence-corrected chi connectivity index (χ0v) is 10.4. The second-order valence-electron chi connectivity index (χ2n) is 4.71. The average Bonchev–Trinajstić information content (AvgIpc) is 1.95. The van der Waals surface area contributed by atoms with Crippen molar-refractivity contribution in [1.29, 1.82) is 0 Å². The summed E-state index contributed by atoms with van der Waals surface area (Å²) >= 11 is 1.95. The molecule has 0 aliphatic carbocycles. The van der Waals surface area contributed by atoms with Gasteiger partial charge in [0.25, 0.3) is 0 Å². The van der Waals surface area contributed by atoms with Crippen molar-refractivity contribution in [1.82, 2.24) is 5.32 Å². The molecule has 0 aliphatic rings. The Bertz CT molecular complexity index is 156. The Morgan fingerprint density at radius 2 is 1.92 bits per heavy atom. The number of hydrogen-bond acceptors (Lipinski definition) is 2. The van der Waals surface area contributed by atoms with E-state index in [0.717, 1.165) is 12.3 Å². The average molecular weight is 201 g/mol. The van der Waals surface area contributed by atoms with Gasteiger partial charge in [-0.1, -0.05) is 26.0 Å². The van der Waals surface area contributed by atoms with E-state index in [1.807, 2.05) is 11.8 Å². The molecule has 0 aromatic heterocycles. The minimum absolute atomic E-state index is 0.200. The van der Waals surface area contributed by atoms with E-state index >= 15 is 0 Å². The summed E-state index contributed by atoms with van der Waals surface area (Å²) in [5, 5.41) is 4.13. The standard InChI is InChI=1S/C11H23NS/c1-9(2)13-8-10(3)7-12-11(4,5)6/h9,12H,3,7-8H2,1-2,4-6H3. The van der Waals surface area contributed by atoms with Crippen LogP contribution in [-0.4, -0.2) is 23.1 Å². The fraction of sp³-hybridized carbons (Fsp3) is 0.818. The molecular formula is C11H23NS. The van der Waals surface area contributed by atoms with Crippen LogP contribution < -0.4 is 5.32 Å². The molecule has 0 rings (SSSR count). The molecule has 0 saturated heterocycles. The first-order valence-electron chi connectivity index (χ1n) is 4.84. The fourth-order valence-electron chi connectivity index (χ4n) is 0.726. The molecule has 0 fully saturated rings. The van der Waals surface area contributed by atoms with E-state index in [-0.39, 0.29) is 5.54 Å². The number of hydrogen-bond donors (Lipinski definition) is 1. The van der Waals surface area contributed by atoms with Crippen LogP contribution in [0.15, 0.2) is 12.2 Å². The van der Waals surface area contributed by atoms with Crippen LogP contribution >= 0.6 is 11.8 Å². The third kappa shape index (κ3) is 9.97. The summed E-state index contributed by atoms with van der Waals surface area (Å²) in [6.45, 7) is 15.9. The number of thioether (sulfide) groups is 1. The Morgan fingerprint density at radius 3 is 2.31 bits per heavy atom. The van der Waals surface area contributed by atoms with Crippen molar-refractivity contribution in [2.24, 2.45) is 0 Å². The van der Waals surface area contributed by atoms with Gasteiger partial charge in [0.2, 0.25) is 0 Å². The Labute approximate surface area is 87.4 Å². The Morgan fingerprint density at radius 1 is 1.38 bits per heavy atom. The van der Waals surface area contributed by atoms with E-state index in [1.54, 1.807) is 0 Å². The van der Waals surface area contributed by atoms with Crippen molar-refractivity contribution in [2.45, 2.75) is 45.4 Å². The normalized spacial score (nSPS) is 12.2. The summed E-state index contributed by atoms with van der Waals surface area (Å²) in [5.74, 6) is 1.07. The van der Waals surface area contributed by atoms with Crippen LogP contribution in [0.5, 0.6) is 0 Å². The SMILES string of the molecule is C=C(CNC(C)(C)C)CSC(C)C. The maximum absolute atomic E-state index is 4.05. The van der Waals surface area contributed by atoms with Crippen LogP contribution in [-0.2, 0) is 0 Å². The smallest absolute Gasteiger partial charge is 0.0175 e. The van der Waals surface area contributed by atoms with Crippen molar-refractivity contribution in [2.75, 3.05) is 12.3 Å². The molecule has 0 aromatic rings. The summed E-state index contributed by atoms with van der Waals surface area (Å²) in [6.07, 6.45) is 0. The van der Waals surface area contributed by atoms with Gasteiger partial charge in [0.15, 0.2) is 0 Å². The lowest BCUT2D eigenvalue weighted by molar-refractivity contribution is 0.445. The molecular weight excluding hydrogens is 178 g/mol. The monoisotopic (exact) mass is 201 g/mol. The van der Waals surface area contributed by atoms with E-state index in [0.29, 0.717) is 5.25 Å². The van der Waals surface area contributed by atoms with Gasteiger partial charge in [-0.25, -0.2) is 0 Å². The Kier molecular flexibility index (Phi) is 5.73. The molecule has 0 amide bonds. The van der Waals surface area contributed by atoms with Crippen molar-refractivity contribution in [3.8, 4) is 0 Å². The van der Waals surface area contributed by atoms with Gasteiger partial charge in [-0.2, -0.15) is 11.8 Å². The highest BCUT2D eigenvalue weighted by Crippen LogP contribution is 2.12. The van der Waals surface area contributed by atoms with E-state index in [9.17, 15) is 0 Å². The summed E-state index contributed by atoms with van der Waals surface area (Å²) in [5.41, 5.74) is 1.49. The molecule has 1 nitrogen and oxygen atoms in total. The molecule has 0 atom stereocenters. The molecule has 0 saturated carbocycles. The second-order valence-corrected chi connectivity index (χ2v) is 6.28. The minimum atomic E-state index is 0.200. The lowest BCUT2D eigenvalue weighted by Gasteiger charge is -2.21. The largest absolute Gasteiger partial charge is 0.308 e. The van der Waals surface area contributed by atoms with Crippen LogP contribution in [0.4, 0.5) is 0 Å². The van der Waals surface area contributed by atoms with Gasteiger partial charge in [-0.3, -0.25) is 0 Å². The molecule has 0 aromatic carbocycles. The van der Waals surface area contributed by atoms with E-state index in [2.05, 4.69) is 46.5 Å². The topological polar surface area (TPSA) is 12.0 Å². The molecule has 0 unspecified atom stereocenters. The van der Waals surface area contributed by atoms with Gasteiger partial charge in [-0.05, 0) is 26.0 Å². The van der Waals surface area contributed by atoms with Crippen LogP contribution in [0.2, 0.25) is 0 Å². The van der Waals surface area contributed by atoms with Crippen LogP contribution in [0.25, 0.3) is 0 Å². The zero-order chi connectivity index (χ0) is 10.5. The first-order chi connectivity index (χ1) is 5.81. The quantitative estimate of drug-likeness (QED) is 0.686. The predicted molar refractivity (Wildman–Crippen MR) is 64.5 cm³/mol. The maximum Gasteiger partial charge on any atom is 0.0175 e. The molecule has 13 heavy (non-hydrogen) atoms. The lowest BCUT2D eigenvalue weighted by Crippen LogP contribution is -2.37. The molecule has 0 bridgehead atoms. The summed E-state index contributed by atoms with van der Waals surface area (Å²) < 4.78 is 0. The lowest BCUT2D eigenvalue weighted by atomic mass is 10.1. The number of rotatable bonds is 5. The Balaban J connectivity index is 3.53. The molecule has 0 radical (unpaired) electrons. The highest BCUT2D eigenvalue weighted by atomic mass is 32.2. The third-order valence-corrected chi connectivity index (χ3v) is 2.73.